The Balaban J connectivity index is 3.47. The first kappa shape index (κ1) is 67.3. The minimum atomic E-state index is -0.863. The average Bonchev–Trinajstić information content (AvgIpc) is 3.35. The summed E-state index contributed by atoms with van der Waals surface area (Å²) in [5.41, 5.74) is 0. The Morgan fingerprint density at radius 3 is 0.928 bits per heavy atom. The van der Waals surface area contributed by atoms with Gasteiger partial charge in [-0.15, -0.1) is 0 Å². The second-order valence-corrected chi connectivity index (χ2v) is 21.5. The Morgan fingerprint density at radius 1 is 0.348 bits per heavy atom. The lowest BCUT2D eigenvalue weighted by Crippen LogP contribution is -2.45. The lowest BCUT2D eigenvalue weighted by atomic mass is 10.0. The van der Waals surface area contributed by atoms with Crippen LogP contribution in [-0.2, 0) is 4.79 Å². The summed E-state index contributed by atoms with van der Waals surface area (Å²) in [6, 6.07) is -0.639. The molecule has 0 aliphatic heterocycles. The molecule has 0 aliphatic rings. The molecule has 0 aromatic rings. The number of rotatable bonds is 58. The van der Waals surface area contributed by atoms with Crippen LogP contribution in [-0.4, -0.2) is 34.9 Å². The minimum Gasteiger partial charge on any atom is -0.394 e. The first-order valence-corrected chi connectivity index (χ1v) is 31.4. The van der Waals surface area contributed by atoms with Crippen LogP contribution in [0.1, 0.15) is 341 Å². The van der Waals surface area contributed by atoms with Crippen molar-refractivity contribution in [3.05, 3.63) is 48.6 Å². The van der Waals surface area contributed by atoms with Crippen molar-refractivity contribution in [3.63, 3.8) is 0 Å². The largest absolute Gasteiger partial charge is 0.394 e. The van der Waals surface area contributed by atoms with E-state index in [2.05, 4.69) is 55.6 Å². The van der Waals surface area contributed by atoms with Crippen LogP contribution < -0.4 is 5.32 Å². The van der Waals surface area contributed by atoms with E-state index in [1.54, 1.807) is 6.08 Å². The number of amides is 1. The Morgan fingerprint density at radius 2 is 0.609 bits per heavy atom. The third-order valence-corrected chi connectivity index (χ3v) is 14.5. The van der Waals surface area contributed by atoms with Crippen LogP contribution in [0.3, 0.4) is 0 Å². The van der Waals surface area contributed by atoms with Crippen LogP contribution in [0, 0.1) is 0 Å². The highest BCUT2D eigenvalue weighted by atomic mass is 16.3. The second kappa shape index (κ2) is 60.7. The molecule has 0 aliphatic carbocycles. The number of hydrogen-bond acceptors (Lipinski definition) is 3. The number of aliphatic hydroxyl groups is 2. The maximum atomic E-state index is 12.5. The van der Waals surface area contributed by atoms with Gasteiger partial charge in [0.1, 0.15) is 0 Å². The molecule has 0 aromatic carbocycles. The number of unbranched alkanes of at least 4 members (excludes halogenated alkanes) is 45. The normalized spacial score (nSPS) is 13.0. The SMILES string of the molecule is CCCCCCC/C=C\C/C=C\CCCCCCCCCCCCCCCCCCCCCCCC(=O)NC(CO)C(O)/C=C/CC/C=C/CCCCCCCCCCCCCCCCCCCC. The van der Waals surface area contributed by atoms with E-state index < -0.39 is 12.1 Å². The molecule has 0 saturated heterocycles. The zero-order valence-corrected chi connectivity index (χ0v) is 46.8. The molecule has 69 heavy (non-hydrogen) atoms. The van der Waals surface area contributed by atoms with Gasteiger partial charge in [-0.2, -0.15) is 0 Å². The molecule has 2 unspecified atom stereocenters. The summed E-state index contributed by atoms with van der Waals surface area (Å²) in [6.07, 6.45) is 84.5. The molecule has 0 spiro atoms. The predicted molar refractivity (Wildman–Crippen MR) is 308 cm³/mol. The van der Waals surface area contributed by atoms with Gasteiger partial charge in [0.15, 0.2) is 0 Å². The van der Waals surface area contributed by atoms with E-state index in [4.69, 9.17) is 0 Å². The van der Waals surface area contributed by atoms with Crippen molar-refractivity contribution < 1.29 is 15.0 Å². The monoisotopic (exact) mass is 966 g/mol. The summed E-state index contributed by atoms with van der Waals surface area (Å²) in [7, 11) is 0. The highest BCUT2D eigenvalue weighted by Gasteiger charge is 2.18. The smallest absolute Gasteiger partial charge is 0.220 e. The second-order valence-electron chi connectivity index (χ2n) is 21.5. The van der Waals surface area contributed by atoms with E-state index in [1.807, 2.05) is 6.08 Å². The third kappa shape index (κ3) is 57.1. The van der Waals surface area contributed by atoms with Crippen LogP contribution in [0.4, 0.5) is 0 Å². The molecule has 0 heterocycles. The van der Waals surface area contributed by atoms with Gasteiger partial charge in [-0.3, -0.25) is 4.79 Å². The highest BCUT2D eigenvalue weighted by Crippen LogP contribution is 2.18. The fourth-order valence-electron chi connectivity index (χ4n) is 9.76. The first-order valence-electron chi connectivity index (χ1n) is 31.4. The summed E-state index contributed by atoms with van der Waals surface area (Å²) in [4.78, 5) is 12.5. The van der Waals surface area contributed by atoms with Crippen molar-refractivity contribution >= 4 is 5.91 Å². The van der Waals surface area contributed by atoms with Crippen molar-refractivity contribution in [3.8, 4) is 0 Å². The molecule has 3 N–H and O–H groups in total. The molecular weight excluding hydrogens is 843 g/mol. The lowest BCUT2D eigenvalue weighted by Gasteiger charge is -2.19. The number of carbonyl (C=O) groups excluding carboxylic acids is 1. The molecule has 0 rings (SSSR count). The zero-order chi connectivity index (χ0) is 49.9. The average molecular weight is 967 g/mol. The van der Waals surface area contributed by atoms with E-state index in [9.17, 15) is 15.0 Å². The van der Waals surface area contributed by atoms with Crippen molar-refractivity contribution in [1.29, 1.82) is 0 Å². The van der Waals surface area contributed by atoms with E-state index in [0.717, 1.165) is 38.5 Å². The Bertz CT molecular complexity index is 1090. The van der Waals surface area contributed by atoms with E-state index in [-0.39, 0.29) is 12.5 Å². The Kier molecular flexibility index (Phi) is 59.2. The molecule has 0 fully saturated rings. The Hall–Kier alpha value is -1.65. The minimum absolute atomic E-state index is 0.0678. The fourth-order valence-corrected chi connectivity index (χ4v) is 9.76. The van der Waals surface area contributed by atoms with Gasteiger partial charge < -0.3 is 15.5 Å². The number of carbonyl (C=O) groups is 1. The summed E-state index contributed by atoms with van der Waals surface area (Å²) in [5.74, 6) is -0.0678. The van der Waals surface area contributed by atoms with Crippen LogP contribution in [0.2, 0.25) is 0 Å². The van der Waals surface area contributed by atoms with E-state index in [1.165, 1.54) is 283 Å². The summed E-state index contributed by atoms with van der Waals surface area (Å²) >= 11 is 0. The van der Waals surface area contributed by atoms with Crippen LogP contribution in [0.5, 0.6) is 0 Å². The molecule has 0 radical (unpaired) electrons. The number of allylic oxidation sites excluding steroid dienone is 7. The summed E-state index contributed by atoms with van der Waals surface area (Å²) < 4.78 is 0. The van der Waals surface area contributed by atoms with Gasteiger partial charge in [0.05, 0.1) is 18.8 Å². The number of hydrogen-bond donors (Lipinski definition) is 3. The maximum absolute atomic E-state index is 12.5. The van der Waals surface area contributed by atoms with Gasteiger partial charge in [0, 0.05) is 6.42 Å². The van der Waals surface area contributed by atoms with Gasteiger partial charge in [-0.25, -0.2) is 0 Å². The number of nitrogens with one attached hydrogen (secondary N) is 1. The highest BCUT2D eigenvalue weighted by molar-refractivity contribution is 5.76. The molecule has 4 heteroatoms. The van der Waals surface area contributed by atoms with E-state index >= 15 is 0 Å². The quantitative estimate of drug-likeness (QED) is 0.0420. The van der Waals surface area contributed by atoms with Crippen molar-refractivity contribution in [2.75, 3.05) is 6.61 Å². The van der Waals surface area contributed by atoms with Gasteiger partial charge in [-0.05, 0) is 64.2 Å². The lowest BCUT2D eigenvalue weighted by molar-refractivity contribution is -0.123. The standard InChI is InChI=1S/C65H123NO3/c1-3-5-7-9-11-13-15-17-19-21-23-25-27-29-30-31-32-33-34-35-36-37-39-41-43-45-47-49-51-53-55-57-59-61-65(69)66-63(62-67)64(68)60-58-56-54-52-50-48-46-44-42-40-38-28-26-24-22-20-18-16-14-12-10-8-6-4-2/h15,17,21,23,50,52,58,60,63-64,67-68H,3-14,16,18-20,22,24-49,51,53-57,59,61-62H2,1-2H3,(H,66,69)/b17-15-,23-21-,52-50+,60-58+. The molecular formula is C65H123NO3. The molecule has 2 atom stereocenters. The summed E-state index contributed by atoms with van der Waals surface area (Å²) in [6.45, 7) is 4.32. The molecule has 406 valence electrons. The van der Waals surface area contributed by atoms with Crippen LogP contribution in [0.15, 0.2) is 48.6 Å². The topological polar surface area (TPSA) is 69.6 Å². The van der Waals surface area contributed by atoms with E-state index in [0.29, 0.717) is 6.42 Å². The molecule has 0 aromatic heterocycles. The molecule has 1 amide bonds. The van der Waals surface area contributed by atoms with Crippen LogP contribution >= 0.6 is 0 Å². The third-order valence-electron chi connectivity index (χ3n) is 14.5. The van der Waals surface area contributed by atoms with Gasteiger partial charge in [-0.1, -0.05) is 319 Å². The van der Waals surface area contributed by atoms with Crippen LogP contribution in [0.25, 0.3) is 0 Å². The van der Waals surface area contributed by atoms with Crippen molar-refractivity contribution in [2.45, 2.75) is 353 Å². The van der Waals surface area contributed by atoms with Gasteiger partial charge in [0.2, 0.25) is 5.91 Å². The predicted octanol–water partition coefficient (Wildman–Crippen LogP) is 21.0. The molecule has 4 nitrogen and oxygen atoms in total. The zero-order valence-electron chi connectivity index (χ0n) is 46.8. The summed E-state index contributed by atoms with van der Waals surface area (Å²) in [5, 5.41) is 23.2. The van der Waals surface area contributed by atoms with Crippen molar-refractivity contribution in [2.24, 2.45) is 0 Å². The van der Waals surface area contributed by atoms with Crippen molar-refractivity contribution in [1.82, 2.24) is 5.32 Å². The number of aliphatic hydroxyl groups excluding tert-OH is 2. The van der Waals surface area contributed by atoms with Gasteiger partial charge in [0.25, 0.3) is 0 Å². The fraction of sp³-hybridized carbons (Fsp3) is 0.862. The van der Waals surface area contributed by atoms with Gasteiger partial charge >= 0.3 is 0 Å². The Labute approximate surface area is 433 Å². The maximum Gasteiger partial charge on any atom is 0.220 e. The first-order chi connectivity index (χ1) is 34.2. The molecule has 0 bridgehead atoms. The molecule has 0 saturated carbocycles.